The van der Waals surface area contributed by atoms with Crippen LogP contribution in [-0.2, 0) is 6.54 Å². The third kappa shape index (κ3) is 6.97. The number of likely N-dealkylation sites (tertiary alicyclic amines) is 1. The molecule has 1 atom stereocenters. The second-order valence-electron chi connectivity index (χ2n) is 6.00. The van der Waals surface area contributed by atoms with E-state index in [4.69, 9.17) is 4.99 Å². The number of aryl methyl sites for hydroxylation is 1. The minimum Gasteiger partial charge on any atom is -0.357 e. The normalized spacial score (nSPS) is 19.3. The van der Waals surface area contributed by atoms with Gasteiger partial charge in [-0.3, -0.25) is 0 Å². The lowest BCUT2D eigenvalue weighted by atomic mass is 9.98. The molecule has 1 aromatic rings. The van der Waals surface area contributed by atoms with Gasteiger partial charge in [0.05, 0.1) is 6.54 Å². The number of rotatable bonds is 6. The molecule has 23 heavy (non-hydrogen) atoms. The molecule has 0 amide bonds. The lowest BCUT2D eigenvalue weighted by Crippen LogP contribution is -2.44. The molecule has 132 valence electrons. The van der Waals surface area contributed by atoms with Gasteiger partial charge >= 0.3 is 0 Å². The highest BCUT2D eigenvalue weighted by Crippen LogP contribution is 2.17. The van der Waals surface area contributed by atoms with E-state index in [0.29, 0.717) is 0 Å². The van der Waals surface area contributed by atoms with E-state index in [1.165, 1.54) is 42.9 Å². The minimum absolute atomic E-state index is 0. The Balaban J connectivity index is 0.00000264. The van der Waals surface area contributed by atoms with Crippen LogP contribution in [0.15, 0.2) is 16.4 Å². The first kappa shape index (κ1) is 20.7. The van der Waals surface area contributed by atoms with E-state index in [1.807, 2.05) is 0 Å². The monoisotopic (exact) mass is 450 g/mol. The van der Waals surface area contributed by atoms with Gasteiger partial charge in [-0.25, -0.2) is 4.99 Å². The van der Waals surface area contributed by atoms with E-state index in [1.54, 1.807) is 11.3 Å². The summed E-state index contributed by atoms with van der Waals surface area (Å²) in [4.78, 5) is 8.64. The van der Waals surface area contributed by atoms with Crippen LogP contribution in [0.1, 0.15) is 37.1 Å². The minimum atomic E-state index is 0. The summed E-state index contributed by atoms with van der Waals surface area (Å²) in [5.41, 5.74) is 1.34. The summed E-state index contributed by atoms with van der Waals surface area (Å²) in [6, 6.07) is 2.16. The Hall–Kier alpha value is -0.340. The third-order valence-corrected chi connectivity index (χ3v) is 5.31. The number of hydrogen-bond acceptors (Lipinski definition) is 3. The smallest absolute Gasteiger partial charge is 0.191 e. The molecule has 1 aliphatic heterocycles. The fraction of sp³-hybridized carbons (Fsp3) is 0.706. The van der Waals surface area contributed by atoms with Gasteiger partial charge in [0, 0.05) is 24.5 Å². The summed E-state index contributed by atoms with van der Waals surface area (Å²) in [5.74, 6) is 1.69. The van der Waals surface area contributed by atoms with Crippen molar-refractivity contribution in [2.24, 2.45) is 10.9 Å². The Kier molecular flexibility index (Phi) is 10.1. The summed E-state index contributed by atoms with van der Waals surface area (Å²) >= 11 is 1.79. The first-order chi connectivity index (χ1) is 10.7. The maximum atomic E-state index is 4.73. The van der Waals surface area contributed by atoms with Gasteiger partial charge in [-0.1, -0.05) is 6.92 Å². The number of aliphatic imine (C=N–C) groups is 1. The van der Waals surface area contributed by atoms with Crippen LogP contribution in [0.4, 0.5) is 0 Å². The zero-order chi connectivity index (χ0) is 15.8. The van der Waals surface area contributed by atoms with Gasteiger partial charge in [0.2, 0.25) is 0 Å². The van der Waals surface area contributed by atoms with Gasteiger partial charge in [0.1, 0.15) is 0 Å². The van der Waals surface area contributed by atoms with Gasteiger partial charge in [0.15, 0.2) is 5.96 Å². The van der Waals surface area contributed by atoms with Crippen LogP contribution in [0.5, 0.6) is 0 Å². The van der Waals surface area contributed by atoms with Crippen molar-refractivity contribution in [1.82, 2.24) is 15.5 Å². The zero-order valence-corrected chi connectivity index (χ0v) is 17.7. The summed E-state index contributed by atoms with van der Waals surface area (Å²) in [6.45, 7) is 12.9. The first-order valence-electron chi connectivity index (χ1n) is 8.50. The third-order valence-electron chi connectivity index (χ3n) is 4.30. The van der Waals surface area contributed by atoms with Gasteiger partial charge < -0.3 is 15.5 Å². The Bertz CT molecular complexity index is 475. The van der Waals surface area contributed by atoms with E-state index >= 15 is 0 Å². The number of nitrogens with one attached hydrogen (secondary N) is 2. The Morgan fingerprint density at radius 2 is 2.22 bits per heavy atom. The molecule has 4 nitrogen and oxygen atoms in total. The number of halogens is 1. The van der Waals surface area contributed by atoms with Crippen LogP contribution < -0.4 is 10.6 Å². The largest absolute Gasteiger partial charge is 0.357 e. The predicted molar refractivity (Wildman–Crippen MR) is 112 cm³/mol. The SMILES string of the molecule is CCNC(=NCc1sccc1C)NCC1CCCN(CC)C1.I. The van der Waals surface area contributed by atoms with Crippen LogP contribution in [0, 0.1) is 12.8 Å². The molecule has 1 aliphatic rings. The van der Waals surface area contributed by atoms with E-state index in [2.05, 4.69) is 47.8 Å². The standard InChI is InChI=1S/C17H30N4S.HI/c1-4-18-17(20-12-16-14(3)8-10-22-16)19-11-15-7-6-9-21(5-2)13-15;/h8,10,15H,4-7,9,11-13H2,1-3H3,(H2,18,19,20);1H. The summed E-state index contributed by atoms with van der Waals surface area (Å²) in [7, 11) is 0. The van der Waals surface area contributed by atoms with Crippen molar-refractivity contribution in [3.8, 4) is 0 Å². The molecule has 1 fully saturated rings. The highest BCUT2D eigenvalue weighted by Gasteiger charge is 2.18. The molecule has 2 heterocycles. The van der Waals surface area contributed by atoms with Gasteiger partial charge in [-0.2, -0.15) is 0 Å². The topological polar surface area (TPSA) is 39.7 Å². The molecule has 2 N–H and O–H groups in total. The van der Waals surface area contributed by atoms with Gasteiger partial charge in [-0.05, 0) is 62.7 Å². The van der Waals surface area contributed by atoms with Crippen LogP contribution >= 0.6 is 35.3 Å². The molecule has 1 aromatic heterocycles. The van der Waals surface area contributed by atoms with Crippen molar-refractivity contribution >= 4 is 41.3 Å². The van der Waals surface area contributed by atoms with E-state index in [0.717, 1.165) is 31.5 Å². The van der Waals surface area contributed by atoms with Crippen molar-refractivity contribution in [3.63, 3.8) is 0 Å². The fourth-order valence-electron chi connectivity index (χ4n) is 2.90. The number of thiophene rings is 1. The molecule has 0 aromatic carbocycles. The molecular formula is C17H31IN4S. The molecule has 0 bridgehead atoms. The van der Waals surface area contributed by atoms with Crippen molar-refractivity contribution in [3.05, 3.63) is 21.9 Å². The second-order valence-corrected chi connectivity index (χ2v) is 7.01. The average Bonchev–Trinajstić information content (AvgIpc) is 2.95. The average molecular weight is 450 g/mol. The van der Waals surface area contributed by atoms with Gasteiger partial charge in [0.25, 0.3) is 0 Å². The van der Waals surface area contributed by atoms with Crippen LogP contribution in [0.3, 0.4) is 0 Å². The quantitative estimate of drug-likeness (QED) is 0.396. The van der Waals surface area contributed by atoms with Crippen LogP contribution in [0.25, 0.3) is 0 Å². The molecule has 6 heteroatoms. The predicted octanol–water partition coefficient (Wildman–Crippen LogP) is 3.46. The highest BCUT2D eigenvalue weighted by molar-refractivity contribution is 14.0. The molecule has 2 rings (SSSR count). The van der Waals surface area contributed by atoms with Crippen molar-refractivity contribution in [2.75, 3.05) is 32.7 Å². The van der Waals surface area contributed by atoms with E-state index in [9.17, 15) is 0 Å². The van der Waals surface area contributed by atoms with E-state index in [-0.39, 0.29) is 24.0 Å². The summed E-state index contributed by atoms with van der Waals surface area (Å²) < 4.78 is 0. The molecular weight excluding hydrogens is 419 g/mol. The van der Waals surface area contributed by atoms with Crippen molar-refractivity contribution in [1.29, 1.82) is 0 Å². The molecule has 1 unspecified atom stereocenters. The molecule has 1 saturated heterocycles. The lowest BCUT2D eigenvalue weighted by molar-refractivity contribution is 0.183. The molecule has 0 aliphatic carbocycles. The Morgan fingerprint density at radius 3 is 2.87 bits per heavy atom. The maximum Gasteiger partial charge on any atom is 0.191 e. The first-order valence-corrected chi connectivity index (χ1v) is 9.38. The van der Waals surface area contributed by atoms with Crippen LogP contribution in [-0.4, -0.2) is 43.6 Å². The molecule has 0 saturated carbocycles. The highest BCUT2D eigenvalue weighted by atomic mass is 127. The van der Waals surface area contributed by atoms with Crippen LogP contribution in [0.2, 0.25) is 0 Å². The lowest BCUT2D eigenvalue weighted by Gasteiger charge is -2.32. The number of guanidine groups is 1. The number of piperidine rings is 1. The van der Waals surface area contributed by atoms with Crippen molar-refractivity contribution < 1.29 is 0 Å². The Morgan fingerprint density at radius 1 is 1.39 bits per heavy atom. The Labute approximate surface area is 162 Å². The maximum absolute atomic E-state index is 4.73. The second kappa shape index (κ2) is 11.3. The summed E-state index contributed by atoms with van der Waals surface area (Å²) in [6.07, 6.45) is 2.65. The number of nitrogens with zero attached hydrogens (tertiary/aromatic N) is 2. The number of hydrogen-bond donors (Lipinski definition) is 2. The zero-order valence-electron chi connectivity index (χ0n) is 14.6. The van der Waals surface area contributed by atoms with E-state index < -0.39 is 0 Å². The summed E-state index contributed by atoms with van der Waals surface area (Å²) in [5, 5.41) is 9.03. The fourth-order valence-corrected chi connectivity index (χ4v) is 3.73. The molecule has 0 radical (unpaired) electrons. The molecule has 0 spiro atoms. The van der Waals surface area contributed by atoms with Gasteiger partial charge in [-0.15, -0.1) is 35.3 Å². The van der Waals surface area contributed by atoms with Crippen molar-refractivity contribution in [2.45, 2.75) is 40.2 Å².